The molecule has 6 rings (SSSR count). The Bertz CT molecular complexity index is 1800. The SMILES string of the molecule is COc1nc(NC2CCN(S(=O)(=O)CCCN3CCC(c4ccc5c(N6CCC(=O)NC6=O)nn(C)c5c4)CC3)CC2)ncc1C(F)(F)F. The molecule has 3 aliphatic rings. The number of alkyl halides is 3. The third-order valence-electron chi connectivity index (χ3n) is 9.53. The molecule has 0 radical (unpaired) electrons. The van der Waals surface area contributed by atoms with Gasteiger partial charge in [0, 0.05) is 50.7 Å². The van der Waals surface area contributed by atoms with Gasteiger partial charge in [-0.15, -0.1) is 0 Å². The van der Waals surface area contributed by atoms with Crippen molar-refractivity contribution >= 4 is 44.6 Å². The quantitative estimate of drug-likeness (QED) is 0.321. The Morgan fingerprint density at radius 1 is 1.06 bits per heavy atom. The highest BCUT2D eigenvalue weighted by Crippen LogP contribution is 2.36. The molecule has 3 saturated heterocycles. The van der Waals surface area contributed by atoms with E-state index in [-0.39, 0.29) is 36.6 Å². The van der Waals surface area contributed by atoms with E-state index in [9.17, 15) is 31.2 Å². The fraction of sp³-hybridized carbons (Fsp3) is 0.581. The van der Waals surface area contributed by atoms with Crippen molar-refractivity contribution < 1.29 is 35.9 Å². The lowest BCUT2D eigenvalue weighted by atomic mass is 9.89. The molecule has 2 aromatic heterocycles. The fourth-order valence-corrected chi connectivity index (χ4v) is 8.33. The van der Waals surface area contributed by atoms with Crippen LogP contribution in [0.4, 0.5) is 29.7 Å². The monoisotopic (exact) mass is 707 g/mol. The highest BCUT2D eigenvalue weighted by molar-refractivity contribution is 7.89. The second-order valence-corrected chi connectivity index (χ2v) is 14.8. The van der Waals surface area contributed by atoms with Gasteiger partial charge in [0.25, 0.3) is 0 Å². The molecule has 2 N–H and O–H groups in total. The number of likely N-dealkylation sites (tertiary alicyclic amines) is 1. The minimum absolute atomic E-state index is 0.00423. The Morgan fingerprint density at radius 3 is 2.47 bits per heavy atom. The molecule has 0 atom stereocenters. The van der Waals surface area contributed by atoms with E-state index in [1.807, 2.05) is 13.1 Å². The van der Waals surface area contributed by atoms with Crippen molar-refractivity contribution in [1.82, 2.24) is 34.3 Å². The number of sulfonamides is 1. The summed E-state index contributed by atoms with van der Waals surface area (Å²) in [5.74, 6) is 0.0806. The minimum Gasteiger partial charge on any atom is -0.480 e. The highest BCUT2D eigenvalue weighted by Gasteiger charge is 2.36. The Morgan fingerprint density at radius 2 is 1.80 bits per heavy atom. The molecule has 0 saturated carbocycles. The van der Waals surface area contributed by atoms with Crippen LogP contribution in [-0.4, -0.2) is 107 Å². The molecular weight excluding hydrogens is 667 g/mol. The van der Waals surface area contributed by atoms with Crippen LogP contribution < -0.4 is 20.3 Å². The maximum atomic E-state index is 13.1. The number of piperidine rings is 2. The average Bonchev–Trinajstić information content (AvgIpc) is 3.39. The van der Waals surface area contributed by atoms with Crippen molar-refractivity contribution in [2.75, 3.05) is 62.3 Å². The van der Waals surface area contributed by atoms with Gasteiger partial charge in [0.1, 0.15) is 5.56 Å². The maximum absolute atomic E-state index is 13.1. The van der Waals surface area contributed by atoms with Crippen LogP contribution >= 0.6 is 0 Å². The number of urea groups is 1. The van der Waals surface area contributed by atoms with Gasteiger partial charge >= 0.3 is 12.2 Å². The second-order valence-electron chi connectivity index (χ2n) is 12.7. The molecule has 0 bridgehead atoms. The summed E-state index contributed by atoms with van der Waals surface area (Å²) in [6.45, 7) is 3.29. The second kappa shape index (κ2) is 14.1. The number of aryl methyl sites for hydroxylation is 1. The molecule has 3 aliphatic heterocycles. The van der Waals surface area contributed by atoms with Crippen LogP contribution in [-0.2, 0) is 28.0 Å². The lowest BCUT2D eigenvalue weighted by Crippen LogP contribution is -2.49. The maximum Gasteiger partial charge on any atom is 0.423 e. The van der Waals surface area contributed by atoms with Crippen LogP contribution in [0.15, 0.2) is 24.4 Å². The first kappa shape index (κ1) is 34.8. The van der Waals surface area contributed by atoms with E-state index in [4.69, 9.17) is 4.74 Å². The molecule has 49 heavy (non-hydrogen) atoms. The number of fused-ring (bicyclic) bond motifs is 1. The summed E-state index contributed by atoms with van der Waals surface area (Å²) in [5.41, 5.74) is 1.05. The van der Waals surface area contributed by atoms with Gasteiger partial charge in [0.05, 0.1) is 18.4 Å². The van der Waals surface area contributed by atoms with Gasteiger partial charge in [0.2, 0.25) is 27.8 Å². The number of carbonyl (C=O) groups is 2. The van der Waals surface area contributed by atoms with Crippen molar-refractivity contribution in [2.45, 2.75) is 56.7 Å². The number of hydrogen-bond donors (Lipinski definition) is 2. The number of rotatable bonds is 10. The molecule has 18 heteroatoms. The third kappa shape index (κ3) is 7.75. The number of aromatic nitrogens is 4. The summed E-state index contributed by atoms with van der Waals surface area (Å²) >= 11 is 0. The number of ether oxygens (including phenoxy) is 1. The lowest BCUT2D eigenvalue weighted by molar-refractivity contribution is -0.139. The zero-order chi connectivity index (χ0) is 34.9. The van der Waals surface area contributed by atoms with Crippen LogP contribution in [0.1, 0.15) is 55.6 Å². The zero-order valence-corrected chi connectivity index (χ0v) is 28.2. The number of carbonyl (C=O) groups excluding carboxylic acids is 2. The first-order valence-corrected chi connectivity index (χ1v) is 18.0. The number of methoxy groups -OCH3 is 1. The first-order valence-electron chi connectivity index (χ1n) is 16.4. The van der Waals surface area contributed by atoms with Crippen LogP contribution in [0, 0.1) is 0 Å². The van der Waals surface area contributed by atoms with Crippen molar-refractivity contribution in [3.05, 3.63) is 35.5 Å². The van der Waals surface area contributed by atoms with Crippen LogP contribution in [0.3, 0.4) is 0 Å². The molecule has 5 heterocycles. The molecule has 1 aromatic carbocycles. The normalized spacial score (nSPS) is 19.4. The summed E-state index contributed by atoms with van der Waals surface area (Å²) in [6, 6.07) is 5.55. The summed E-state index contributed by atoms with van der Waals surface area (Å²) in [4.78, 5) is 35.4. The van der Waals surface area contributed by atoms with E-state index in [2.05, 4.69) is 42.7 Å². The number of nitrogens with zero attached hydrogens (tertiary/aromatic N) is 7. The number of anilines is 2. The topological polar surface area (TPSA) is 155 Å². The number of halogens is 3. The minimum atomic E-state index is -4.64. The van der Waals surface area contributed by atoms with Gasteiger partial charge < -0.3 is 15.0 Å². The summed E-state index contributed by atoms with van der Waals surface area (Å²) in [5, 5.41) is 10.8. The molecule has 0 unspecified atom stereocenters. The summed E-state index contributed by atoms with van der Waals surface area (Å²) in [7, 11) is -0.503. The number of hydrogen-bond acceptors (Lipinski definition) is 10. The lowest BCUT2D eigenvalue weighted by Gasteiger charge is -2.33. The molecule has 3 fully saturated rings. The van der Waals surface area contributed by atoms with Gasteiger partial charge in [-0.1, -0.05) is 6.07 Å². The molecule has 0 aliphatic carbocycles. The summed E-state index contributed by atoms with van der Waals surface area (Å²) in [6.07, 6.45) is -0.388. The predicted octanol–water partition coefficient (Wildman–Crippen LogP) is 3.31. The van der Waals surface area contributed by atoms with Crippen molar-refractivity contribution in [3.63, 3.8) is 0 Å². The van der Waals surface area contributed by atoms with E-state index in [0.717, 1.165) is 43.9 Å². The van der Waals surface area contributed by atoms with Crippen LogP contribution in [0.2, 0.25) is 0 Å². The van der Waals surface area contributed by atoms with Gasteiger partial charge in [-0.05, 0) is 75.4 Å². The smallest absolute Gasteiger partial charge is 0.423 e. The van der Waals surface area contributed by atoms with Gasteiger partial charge in [-0.25, -0.2) is 22.5 Å². The van der Waals surface area contributed by atoms with E-state index in [1.54, 1.807) is 4.68 Å². The molecule has 0 spiro atoms. The molecular formula is C31H40F3N9O5S. The largest absolute Gasteiger partial charge is 0.480 e. The predicted molar refractivity (Wildman–Crippen MR) is 175 cm³/mol. The Kier molecular flexibility index (Phi) is 10.00. The van der Waals surface area contributed by atoms with Crippen molar-refractivity contribution in [3.8, 4) is 5.88 Å². The Balaban J connectivity index is 0.949. The standard InChI is InChI=1S/C31H40F3N9O5S/c1-40-25-18-21(4-5-23(25)27(39-40)43-16-10-26(44)37-30(43)45)20-6-12-41(13-7-20)11-3-17-49(46,47)42-14-8-22(9-15-42)36-29-35-19-24(31(32,33)34)28(38-29)48-2/h4-5,18-20,22H,3,6-17H2,1-2H3,(H,35,36,38)(H,37,44,45). The number of benzene rings is 1. The van der Waals surface area contributed by atoms with Crippen LogP contribution in [0.25, 0.3) is 10.9 Å². The average molecular weight is 708 g/mol. The molecule has 3 amide bonds. The van der Waals surface area contributed by atoms with E-state index >= 15 is 0 Å². The third-order valence-corrected chi connectivity index (χ3v) is 11.5. The number of nitrogens with one attached hydrogen (secondary N) is 2. The van der Waals surface area contributed by atoms with Gasteiger partial charge in [0.15, 0.2) is 5.82 Å². The summed E-state index contributed by atoms with van der Waals surface area (Å²) < 4.78 is 73.6. The highest BCUT2D eigenvalue weighted by atomic mass is 32.2. The van der Waals surface area contributed by atoms with Crippen LogP contribution in [0.5, 0.6) is 5.88 Å². The zero-order valence-electron chi connectivity index (χ0n) is 27.4. The fourth-order valence-electron chi connectivity index (χ4n) is 6.81. The van der Waals surface area contributed by atoms with Gasteiger partial charge in [-0.3, -0.25) is 19.7 Å². The Labute approximate surface area is 282 Å². The Hall–Kier alpha value is -4.03. The van der Waals surface area contributed by atoms with Crippen molar-refractivity contribution in [1.29, 1.82) is 0 Å². The number of imide groups is 1. The van der Waals surface area contributed by atoms with E-state index in [1.165, 1.54) is 14.8 Å². The molecule has 266 valence electrons. The molecule has 14 nitrogen and oxygen atoms in total. The van der Waals surface area contributed by atoms with Gasteiger partial charge in [-0.2, -0.15) is 23.3 Å². The number of amides is 3. The van der Waals surface area contributed by atoms with E-state index in [0.29, 0.717) is 56.8 Å². The van der Waals surface area contributed by atoms with Crippen molar-refractivity contribution in [2.24, 2.45) is 7.05 Å². The first-order chi connectivity index (χ1) is 23.3. The van der Waals surface area contributed by atoms with E-state index < -0.39 is 33.7 Å². The molecule has 3 aromatic rings.